The summed E-state index contributed by atoms with van der Waals surface area (Å²) in [6, 6.07) is 3.34. The van der Waals surface area contributed by atoms with Crippen LogP contribution in [-0.2, 0) is 11.0 Å². The summed E-state index contributed by atoms with van der Waals surface area (Å²) in [5, 5.41) is 12.1. The van der Waals surface area contributed by atoms with Crippen molar-refractivity contribution in [2.75, 3.05) is 6.54 Å². The van der Waals surface area contributed by atoms with Crippen LogP contribution in [0.25, 0.3) is 0 Å². The third-order valence-corrected chi connectivity index (χ3v) is 2.80. The van der Waals surface area contributed by atoms with E-state index in [0.717, 1.165) is 6.07 Å². The highest BCUT2D eigenvalue weighted by molar-refractivity contribution is 5.86. The molecule has 1 heterocycles. The maximum atomic E-state index is 12.6. The van der Waals surface area contributed by atoms with Gasteiger partial charge < -0.3 is 10.4 Å². The molecule has 2 N–H and O–H groups in total. The Kier molecular flexibility index (Phi) is 2.73. The predicted molar refractivity (Wildman–Crippen MR) is 53.5 cm³/mol. The number of amides is 1. The van der Waals surface area contributed by atoms with E-state index in [1.165, 1.54) is 12.1 Å². The Labute approximate surface area is 95.3 Å². The summed E-state index contributed by atoms with van der Waals surface area (Å²) < 4.78 is 37.7. The fourth-order valence-corrected chi connectivity index (χ4v) is 1.96. The molecule has 0 bridgehead atoms. The molecule has 1 aromatic rings. The minimum atomic E-state index is -4.62. The lowest BCUT2D eigenvalue weighted by Gasteiger charge is -2.14. The van der Waals surface area contributed by atoms with E-state index in [1.54, 1.807) is 0 Å². The average Bonchev–Trinajstić information content (AvgIpc) is 2.63. The minimum absolute atomic E-state index is 0.0369. The second-order valence-electron chi connectivity index (χ2n) is 3.87. The summed E-state index contributed by atoms with van der Waals surface area (Å²) in [4.78, 5) is 11.4. The van der Waals surface area contributed by atoms with E-state index in [0.29, 0.717) is 13.0 Å². The number of nitrogens with one attached hydrogen (secondary N) is 1. The fraction of sp³-hybridized carbons (Fsp3) is 0.364. The first-order valence-electron chi connectivity index (χ1n) is 5.08. The molecule has 1 aliphatic heterocycles. The number of carbonyl (C=O) groups is 1. The van der Waals surface area contributed by atoms with E-state index < -0.39 is 23.4 Å². The number of rotatable bonds is 1. The van der Waals surface area contributed by atoms with Crippen LogP contribution in [0, 0.1) is 0 Å². The SMILES string of the molecule is O=C1NCCC1c1cccc(C(F)(F)F)c1O. The lowest BCUT2D eigenvalue weighted by atomic mass is 9.94. The van der Waals surface area contributed by atoms with Crippen LogP contribution in [0.3, 0.4) is 0 Å². The van der Waals surface area contributed by atoms with Gasteiger partial charge in [-0.15, -0.1) is 0 Å². The van der Waals surface area contributed by atoms with Crippen LogP contribution in [0.1, 0.15) is 23.5 Å². The van der Waals surface area contributed by atoms with Crippen molar-refractivity contribution in [1.82, 2.24) is 5.32 Å². The molecule has 0 aromatic heterocycles. The van der Waals surface area contributed by atoms with Gasteiger partial charge in [-0.3, -0.25) is 4.79 Å². The Morgan fingerprint density at radius 3 is 2.59 bits per heavy atom. The van der Waals surface area contributed by atoms with Crippen molar-refractivity contribution in [2.24, 2.45) is 0 Å². The monoisotopic (exact) mass is 245 g/mol. The van der Waals surface area contributed by atoms with Crippen LogP contribution in [0.5, 0.6) is 5.75 Å². The van der Waals surface area contributed by atoms with Crippen molar-refractivity contribution < 1.29 is 23.1 Å². The summed E-state index contributed by atoms with van der Waals surface area (Å²) in [5.74, 6) is -1.89. The van der Waals surface area contributed by atoms with Crippen LogP contribution in [0.15, 0.2) is 18.2 Å². The molecule has 1 saturated heterocycles. The molecular formula is C11H10F3NO2. The molecule has 1 fully saturated rings. The standard InChI is InChI=1S/C11H10F3NO2/c12-11(13,14)8-3-1-2-6(9(8)16)7-4-5-15-10(7)17/h1-3,7,16H,4-5H2,(H,15,17). The number of phenolic OH excluding ortho intramolecular Hbond substituents is 1. The normalized spacial score (nSPS) is 20.4. The maximum absolute atomic E-state index is 12.6. The molecule has 1 atom stereocenters. The van der Waals surface area contributed by atoms with Crippen LogP contribution in [0.2, 0.25) is 0 Å². The molecule has 2 rings (SSSR count). The van der Waals surface area contributed by atoms with Gasteiger partial charge in [-0.05, 0) is 12.5 Å². The maximum Gasteiger partial charge on any atom is 0.419 e. The summed E-state index contributed by atoms with van der Waals surface area (Å²) in [7, 11) is 0. The van der Waals surface area contributed by atoms with E-state index >= 15 is 0 Å². The Bertz CT molecular complexity index is 457. The third kappa shape index (κ3) is 2.07. The van der Waals surface area contributed by atoms with Crippen molar-refractivity contribution >= 4 is 5.91 Å². The van der Waals surface area contributed by atoms with Gasteiger partial charge in [-0.1, -0.05) is 12.1 Å². The van der Waals surface area contributed by atoms with Crippen LogP contribution >= 0.6 is 0 Å². The Hall–Kier alpha value is -1.72. The molecule has 92 valence electrons. The zero-order chi connectivity index (χ0) is 12.6. The fourth-order valence-electron chi connectivity index (χ4n) is 1.96. The highest BCUT2D eigenvalue weighted by Gasteiger charge is 2.37. The number of phenols is 1. The van der Waals surface area contributed by atoms with Crippen LogP contribution in [-0.4, -0.2) is 17.6 Å². The lowest BCUT2D eigenvalue weighted by Crippen LogP contribution is -2.18. The number of halogens is 3. The molecule has 6 heteroatoms. The molecule has 1 amide bonds. The van der Waals surface area contributed by atoms with Crippen molar-refractivity contribution in [1.29, 1.82) is 0 Å². The molecule has 1 aliphatic rings. The van der Waals surface area contributed by atoms with Gasteiger partial charge in [0.1, 0.15) is 5.75 Å². The zero-order valence-electron chi connectivity index (χ0n) is 8.71. The number of hydrogen-bond acceptors (Lipinski definition) is 2. The first kappa shape index (κ1) is 11.8. The van der Waals surface area contributed by atoms with Crippen molar-refractivity contribution in [3.63, 3.8) is 0 Å². The second kappa shape index (κ2) is 3.94. The van der Waals surface area contributed by atoms with Gasteiger partial charge in [0.25, 0.3) is 0 Å². The van der Waals surface area contributed by atoms with Gasteiger partial charge in [-0.2, -0.15) is 13.2 Å². The number of aromatic hydroxyl groups is 1. The molecule has 17 heavy (non-hydrogen) atoms. The minimum Gasteiger partial charge on any atom is -0.507 e. The van der Waals surface area contributed by atoms with Gasteiger partial charge in [0, 0.05) is 12.1 Å². The van der Waals surface area contributed by atoms with E-state index in [1.807, 2.05) is 0 Å². The van der Waals surface area contributed by atoms with Crippen LogP contribution in [0.4, 0.5) is 13.2 Å². The number of alkyl halides is 3. The molecule has 0 spiro atoms. The first-order valence-corrected chi connectivity index (χ1v) is 5.08. The average molecular weight is 245 g/mol. The summed E-state index contributed by atoms with van der Waals surface area (Å²) in [6.45, 7) is 0.416. The van der Waals surface area contributed by atoms with Crippen molar-refractivity contribution in [3.05, 3.63) is 29.3 Å². The van der Waals surface area contributed by atoms with E-state index in [9.17, 15) is 23.1 Å². The Balaban J connectivity index is 2.46. The highest BCUT2D eigenvalue weighted by Crippen LogP contribution is 2.40. The zero-order valence-corrected chi connectivity index (χ0v) is 8.71. The van der Waals surface area contributed by atoms with E-state index in [-0.39, 0.29) is 11.5 Å². The summed E-state index contributed by atoms with van der Waals surface area (Å²) >= 11 is 0. The largest absolute Gasteiger partial charge is 0.507 e. The van der Waals surface area contributed by atoms with E-state index in [2.05, 4.69) is 5.32 Å². The van der Waals surface area contributed by atoms with E-state index in [4.69, 9.17) is 0 Å². The smallest absolute Gasteiger partial charge is 0.419 e. The van der Waals surface area contributed by atoms with Gasteiger partial charge >= 0.3 is 6.18 Å². The summed E-state index contributed by atoms with van der Waals surface area (Å²) in [6.07, 6.45) is -4.22. The topological polar surface area (TPSA) is 49.3 Å². The van der Waals surface area contributed by atoms with Crippen molar-refractivity contribution in [2.45, 2.75) is 18.5 Å². The molecular weight excluding hydrogens is 235 g/mol. The number of carbonyl (C=O) groups excluding carboxylic acids is 1. The molecule has 0 saturated carbocycles. The first-order chi connectivity index (χ1) is 7.91. The Morgan fingerprint density at radius 2 is 2.06 bits per heavy atom. The Morgan fingerprint density at radius 1 is 1.35 bits per heavy atom. The molecule has 0 radical (unpaired) electrons. The van der Waals surface area contributed by atoms with Gasteiger partial charge in [-0.25, -0.2) is 0 Å². The summed E-state index contributed by atoms with van der Waals surface area (Å²) in [5.41, 5.74) is -1.07. The molecule has 0 aliphatic carbocycles. The third-order valence-electron chi connectivity index (χ3n) is 2.80. The quantitative estimate of drug-likeness (QED) is 0.795. The molecule has 3 nitrogen and oxygen atoms in total. The second-order valence-corrected chi connectivity index (χ2v) is 3.87. The van der Waals surface area contributed by atoms with Gasteiger partial charge in [0.15, 0.2) is 0 Å². The highest BCUT2D eigenvalue weighted by atomic mass is 19.4. The number of benzene rings is 1. The lowest BCUT2D eigenvalue weighted by molar-refractivity contribution is -0.139. The predicted octanol–water partition coefficient (Wildman–Crippen LogP) is 2.01. The molecule has 1 aromatic carbocycles. The van der Waals surface area contributed by atoms with Crippen molar-refractivity contribution in [3.8, 4) is 5.75 Å². The number of hydrogen-bond donors (Lipinski definition) is 2. The number of para-hydroxylation sites is 1. The van der Waals surface area contributed by atoms with Gasteiger partial charge in [0.05, 0.1) is 11.5 Å². The van der Waals surface area contributed by atoms with Gasteiger partial charge in [0.2, 0.25) is 5.91 Å². The van der Waals surface area contributed by atoms with Crippen LogP contribution < -0.4 is 5.32 Å². The molecule has 1 unspecified atom stereocenters.